The van der Waals surface area contributed by atoms with E-state index in [9.17, 15) is 9.59 Å². The van der Waals surface area contributed by atoms with Gasteiger partial charge in [-0.3, -0.25) is 14.5 Å². The van der Waals surface area contributed by atoms with E-state index in [1.807, 2.05) is 32.0 Å². The van der Waals surface area contributed by atoms with Crippen LogP contribution in [0.2, 0.25) is 0 Å². The number of hydrogen-bond acceptors (Lipinski definition) is 3. The van der Waals surface area contributed by atoms with Gasteiger partial charge < -0.3 is 10.6 Å². The summed E-state index contributed by atoms with van der Waals surface area (Å²) in [6.45, 7) is 5.71. The first-order valence-corrected chi connectivity index (χ1v) is 11.4. The molecular formula is C26H33N3O2. The molecule has 2 amide bonds. The van der Waals surface area contributed by atoms with E-state index in [1.54, 1.807) is 0 Å². The molecule has 0 aromatic heterocycles. The highest BCUT2D eigenvalue weighted by Gasteiger charge is 2.35. The molecule has 4 rings (SSSR count). The van der Waals surface area contributed by atoms with Gasteiger partial charge in [0.25, 0.3) is 5.91 Å². The normalized spacial score (nSPS) is 21.9. The fourth-order valence-corrected chi connectivity index (χ4v) is 4.92. The lowest BCUT2D eigenvalue weighted by atomic mass is 9.80. The summed E-state index contributed by atoms with van der Waals surface area (Å²) in [7, 11) is 0. The predicted octanol–water partition coefficient (Wildman–Crippen LogP) is 3.56. The van der Waals surface area contributed by atoms with Crippen molar-refractivity contribution in [1.29, 1.82) is 0 Å². The molecule has 0 spiro atoms. The molecule has 1 aliphatic carbocycles. The minimum absolute atomic E-state index is 0.0187. The first kappa shape index (κ1) is 21.6. The van der Waals surface area contributed by atoms with Gasteiger partial charge in [-0.1, -0.05) is 48.0 Å². The molecule has 2 aliphatic rings. The van der Waals surface area contributed by atoms with E-state index in [0.717, 1.165) is 24.2 Å². The van der Waals surface area contributed by atoms with Crippen molar-refractivity contribution in [3.05, 3.63) is 70.8 Å². The van der Waals surface area contributed by atoms with Crippen LogP contribution in [0.4, 0.5) is 0 Å². The molecule has 5 nitrogen and oxygen atoms in total. The lowest BCUT2D eigenvalue weighted by Gasteiger charge is -2.46. The molecule has 1 saturated carbocycles. The Kier molecular flexibility index (Phi) is 6.71. The molecule has 0 unspecified atom stereocenters. The average Bonchev–Trinajstić information content (AvgIpc) is 2.76. The van der Waals surface area contributed by atoms with Gasteiger partial charge in [0.1, 0.15) is 0 Å². The van der Waals surface area contributed by atoms with Crippen molar-refractivity contribution in [2.75, 3.05) is 19.6 Å². The number of aryl methyl sites for hydroxylation is 2. The third-order valence-electron chi connectivity index (χ3n) is 6.81. The second kappa shape index (κ2) is 9.65. The maximum Gasteiger partial charge on any atom is 0.251 e. The molecule has 0 atom stereocenters. The Hall–Kier alpha value is -2.66. The van der Waals surface area contributed by atoms with Crippen LogP contribution >= 0.6 is 0 Å². The molecule has 0 radical (unpaired) electrons. The van der Waals surface area contributed by atoms with E-state index in [1.165, 1.54) is 31.2 Å². The molecule has 1 heterocycles. The number of carbonyl (C=O) groups is 2. The fraction of sp³-hybridized carbons (Fsp3) is 0.462. The number of nitrogens with one attached hydrogen (secondary N) is 2. The maximum atomic E-state index is 12.4. The zero-order valence-electron chi connectivity index (χ0n) is 18.6. The third kappa shape index (κ3) is 5.34. The second-order valence-corrected chi connectivity index (χ2v) is 9.14. The molecule has 0 bridgehead atoms. The molecule has 2 aromatic carbocycles. The largest absolute Gasteiger partial charge is 0.349 e. The summed E-state index contributed by atoms with van der Waals surface area (Å²) >= 11 is 0. The lowest BCUT2D eigenvalue weighted by Crippen LogP contribution is -2.63. The van der Waals surface area contributed by atoms with Crippen molar-refractivity contribution < 1.29 is 9.59 Å². The molecule has 2 aromatic rings. The van der Waals surface area contributed by atoms with Crippen molar-refractivity contribution in [3.8, 4) is 0 Å². The summed E-state index contributed by atoms with van der Waals surface area (Å²) in [6, 6.07) is 17.4. The monoisotopic (exact) mass is 419 g/mol. The minimum Gasteiger partial charge on any atom is -0.349 e. The zero-order valence-corrected chi connectivity index (χ0v) is 18.6. The molecule has 2 N–H and O–H groups in total. The molecule has 1 saturated heterocycles. The molecule has 1 aliphatic heterocycles. The highest BCUT2D eigenvalue weighted by atomic mass is 16.2. The number of nitrogens with zero attached hydrogens (tertiary/aromatic N) is 1. The summed E-state index contributed by atoms with van der Waals surface area (Å²) in [6.07, 6.45) is 4.94. The number of amides is 2. The van der Waals surface area contributed by atoms with Crippen molar-refractivity contribution in [2.45, 2.75) is 57.5 Å². The van der Waals surface area contributed by atoms with Gasteiger partial charge in [-0.2, -0.15) is 0 Å². The van der Waals surface area contributed by atoms with Crippen LogP contribution in [0, 0.1) is 13.8 Å². The van der Waals surface area contributed by atoms with E-state index in [4.69, 9.17) is 0 Å². The van der Waals surface area contributed by atoms with Crippen LogP contribution < -0.4 is 10.6 Å². The Morgan fingerprint density at radius 1 is 0.968 bits per heavy atom. The van der Waals surface area contributed by atoms with E-state index in [2.05, 4.69) is 45.9 Å². The zero-order chi connectivity index (χ0) is 21.8. The van der Waals surface area contributed by atoms with Gasteiger partial charge in [0.2, 0.25) is 5.91 Å². The summed E-state index contributed by atoms with van der Waals surface area (Å²) in [5.74, 6) is 0.382. The maximum absolute atomic E-state index is 12.4. The van der Waals surface area contributed by atoms with E-state index in [0.29, 0.717) is 17.5 Å². The Labute approximate surface area is 185 Å². The fourth-order valence-electron chi connectivity index (χ4n) is 4.92. The average molecular weight is 420 g/mol. The van der Waals surface area contributed by atoms with Gasteiger partial charge in [-0.15, -0.1) is 0 Å². The van der Waals surface area contributed by atoms with Crippen LogP contribution in [0.15, 0.2) is 48.5 Å². The molecule has 31 heavy (non-hydrogen) atoms. The quantitative estimate of drug-likeness (QED) is 0.753. The molecule has 2 fully saturated rings. The lowest BCUT2D eigenvalue weighted by molar-refractivity contribution is -0.122. The number of carbonyl (C=O) groups excluding carboxylic acids is 2. The van der Waals surface area contributed by atoms with Crippen molar-refractivity contribution in [1.82, 2.24) is 15.5 Å². The number of likely N-dealkylation sites (tertiary alicyclic amines) is 1. The van der Waals surface area contributed by atoms with E-state index < -0.39 is 0 Å². The van der Waals surface area contributed by atoms with Crippen LogP contribution in [0.5, 0.6) is 0 Å². The highest BCUT2D eigenvalue weighted by Crippen LogP contribution is 2.35. The van der Waals surface area contributed by atoms with Crippen LogP contribution in [-0.4, -0.2) is 48.4 Å². The van der Waals surface area contributed by atoms with Crippen LogP contribution in [0.1, 0.15) is 58.6 Å². The van der Waals surface area contributed by atoms with Crippen LogP contribution in [-0.2, 0) is 4.79 Å². The Morgan fingerprint density at radius 3 is 2.39 bits per heavy atom. The first-order valence-electron chi connectivity index (χ1n) is 11.4. The van der Waals surface area contributed by atoms with Gasteiger partial charge in [-0.25, -0.2) is 0 Å². The van der Waals surface area contributed by atoms with Gasteiger partial charge >= 0.3 is 0 Å². The second-order valence-electron chi connectivity index (χ2n) is 9.14. The SMILES string of the molecule is Cc1ccc(C)c(C(=O)NCC(=O)NC2CN([C@H]3CC[C@@H](c4ccccc4)CC3)C2)c1. The highest BCUT2D eigenvalue weighted by molar-refractivity contribution is 5.97. The third-order valence-corrected chi connectivity index (χ3v) is 6.81. The number of benzene rings is 2. The molecule has 5 heteroatoms. The van der Waals surface area contributed by atoms with Crippen molar-refractivity contribution in [2.24, 2.45) is 0 Å². The smallest absolute Gasteiger partial charge is 0.251 e. The van der Waals surface area contributed by atoms with Gasteiger partial charge in [0, 0.05) is 24.7 Å². The Balaban J connectivity index is 1.15. The predicted molar refractivity (Wildman–Crippen MR) is 123 cm³/mol. The number of hydrogen-bond donors (Lipinski definition) is 2. The van der Waals surface area contributed by atoms with Crippen molar-refractivity contribution >= 4 is 11.8 Å². The van der Waals surface area contributed by atoms with Gasteiger partial charge in [0.05, 0.1) is 12.6 Å². The van der Waals surface area contributed by atoms with E-state index in [-0.39, 0.29) is 24.4 Å². The van der Waals surface area contributed by atoms with Crippen LogP contribution in [0.3, 0.4) is 0 Å². The minimum atomic E-state index is -0.193. The molecule has 164 valence electrons. The first-order chi connectivity index (χ1) is 15.0. The summed E-state index contributed by atoms with van der Waals surface area (Å²) < 4.78 is 0. The van der Waals surface area contributed by atoms with Crippen LogP contribution in [0.25, 0.3) is 0 Å². The van der Waals surface area contributed by atoms with Gasteiger partial charge in [0.15, 0.2) is 0 Å². The number of rotatable bonds is 6. The summed E-state index contributed by atoms with van der Waals surface area (Å²) in [4.78, 5) is 27.2. The summed E-state index contributed by atoms with van der Waals surface area (Å²) in [5.41, 5.74) is 4.05. The Bertz CT molecular complexity index is 914. The molecular weight excluding hydrogens is 386 g/mol. The standard InChI is InChI=1S/C26H33N3O2/c1-18-8-9-19(2)24(14-18)26(31)27-15-25(30)28-22-16-29(17-22)23-12-10-21(11-13-23)20-6-4-3-5-7-20/h3-9,14,21-23H,10-13,15-17H2,1-2H3,(H,27,31)(H,28,30)/t21-,23+. The van der Waals surface area contributed by atoms with Gasteiger partial charge in [-0.05, 0) is 62.6 Å². The Morgan fingerprint density at radius 2 is 1.68 bits per heavy atom. The van der Waals surface area contributed by atoms with Crippen molar-refractivity contribution in [3.63, 3.8) is 0 Å². The van der Waals surface area contributed by atoms with E-state index >= 15 is 0 Å². The topological polar surface area (TPSA) is 61.4 Å². The summed E-state index contributed by atoms with van der Waals surface area (Å²) in [5, 5.41) is 5.81.